The molecule has 1 aromatic heterocycles. The summed E-state index contributed by atoms with van der Waals surface area (Å²) in [6.07, 6.45) is -3.30. The molecule has 0 amide bonds. The highest BCUT2D eigenvalue weighted by Gasteiger charge is 2.32. The topological polar surface area (TPSA) is 47.3 Å². The van der Waals surface area contributed by atoms with Gasteiger partial charge in [-0.2, -0.15) is 5.10 Å². The molecule has 19 heavy (non-hydrogen) atoms. The fourth-order valence-electron chi connectivity index (χ4n) is 1.73. The van der Waals surface area contributed by atoms with Crippen LogP contribution < -0.4 is 4.74 Å². The number of benzene rings is 1. The van der Waals surface area contributed by atoms with Gasteiger partial charge in [0.2, 0.25) is 0 Å². The number of alkyl halides is 3. The second-order valence-electron chi connectivity index (χ2n) is 3.88. The first-order valence-electron chi connectivity index (χ1n) is 5.38. The standard InChI is InChI=1S/C12H11F3N2O2/c1-17-10(4-5-16-17)9-6-8(7-18)2-3-11(9)19-12(13,14)15/h2-6,18H,7H2,1H3. The highest BCUT2D eigenvalue weighted by Crippen LogP contribution is 2.34. The lowest BCUT2D eigenvalue weighted by molar-refractivity contribution is -0.274. The van der Waals surface area contributed by atoms with Crippen LogP contribution in [0.2, 0.25) is 0 Å². The van der Waals surface area contributed by atoms with E-state index in [1.54, 1.807) is 13.1 Å². The lowest BCUT2D eigenvalue weighted by Gasteiger charge is -2.14. The number of aliphatic hydroxyl groups excluding tert-OH is 1. The zero-order chi connectivity index (χ0) is 14.0. The molecule has 0 saturated heterocycles. The molecule has 1 N–H and O–H groups in total. The molecule has 0 fully saturated rings. The van der Waals surface area contributed by atoms with Gasteiger partial charge in [0.05, 0.1) is 12.3 Å². The summed E-state index contributed by atoms with van der Waals surface area (Å²) in [6.45, 7) is -0.267. The van der Waals surface area contributed by atoms with Crippen LogP contribution in [0.5, 0.6) is 5.75 Å². The molecular weight excluding hydrogens is 261 g/mol. The van der Waals surface area contributed by atoms with E-state index in [0.717, 1.165) is 0 Å². The van der Waals surface area contributed by atoms with E-state index in [-0.39, 0.29) is 17.9 Å². The third kappa shape index (κ3) is 3.05. The fourth-order valence-corrected chi connectivity index (χ4v) is 1.73. The maximum absolute atomic E-state index is 12.4. The molecule has 0 aliphatic rings. The number of aromatic nitrogens is 2. The quantitative estimate of drug-likeness (QED) is 0.933. The maximum atomic E-state index is 12.4. The molecule has 7 heteroatoms. The minimum atomic E-state index is -4.77. The molecule has 2 aromatic rings. The van der Waals surface area contributed by atoms with Crippen molar-refractivity contribution in [3.05, 3.63) is 36.0 Å². The molecule has 102 valence electrons. The van der Waals surface area contributed by atoms with Gasteiger partial charge in [-0.05, 0) is 23.8 Å². The molecule has 0 radical (unpaired) electrons. The Morgan fingerprint density at radius 3 is 2.58 bits per heavy atom. The summed E-state index contributed by atoms with van der Waals surface area (Å²) in [5.41, 5.74) is 1.18. The summed E-state index contributed by atoms with van der Waals surface area (Å²) < 4.78 is 42.5. The van der Waals surface area contributed by atoms with Crippen molar-refractivity contribution in [3.63, 3.8) is 0 Å². The van der Waals surface area contributed by atoms with Crippen LogP contribution in [0.25, 0.3) is 11.3 Å². The first-order valence-corrected chi connectivity index (χ1v) is 5.38. The van der Waals surface area contributed by atoms with Crippen molar-refractivity contribution >= 4 is 0 Å². The Labute approximate surface area is 107 Å². The lowest BCUT2D eigenvalue weighted by atomic mass is 10.1. The molecule has 4 nitrogen and oxygen atoms in total. The van der Waals surface area contributed by atoms with Gasteiger partial charge in [-0.3, -0.25) is 4.68 Å². The Bertz CT molecular complexity index is 579. The van der Waals surface area contributed by atoms with Crippen molar-refractivity contribution in [2.24, 2.45) is 7.05 Å². The second kappa shape index (κ2) is 4.93. The number of hydrogen-bond acceptors (Lipinski definition) is 3. The minimum absolute atomic E-state index is 0.226. The number of hydrogen-bond donors (Lipinski definition) is 1. The third-order valence-electron chi connectivity index (χ3n) is 2.55. The van der Waals surface area contributed by atoms with E-state index in [4.69, 9.17) is 5.11 Å². The van der Waals surface area contributed by atoms with Gasteiger partial charge in [0.15, 0.2) is 0 Å². The molecular formula is C12H11F3N2O2. The summed E-state index contributed by atoms with van der Waals surface area (Å²) in [6, 6.07) is 5.57. The number of aryl methyl sites for hydroxylation is 1. The van der Waals surface area contributed by atoms with E-state index >= 15 is 0 Å². The van der Waals surface area contributed by atoms with Crippen LogP contribution in [-0.2, 0) is 13.7 Å². The van der Waals surface area contributed by atoms with E-state index in [0.29, 0.717) is 11.3 Å². The maximum Gasteiger partial charge on any atom is 0.573 e. The normalized spacial score (nSPS) is 11.6. The highest BCUT2D eigenvalue weighted by atomic mass is 19.4. The van der Waals surface area contributed by atoms with Crippen LogP contribution in [0, 0.1) is 0 Å². The van der Waals surface area contributed by atoms with Crippen LogP contribution in [-0.4, -0.2) is 21.2 Å². The average Bonchev–Trinajstić information content (AvgIpc) is 2.74. The molecule has 2 rings (SSSR count). The molecule has 0 aliphatic heterocycles. The molecule has 0 spiro atoms. The predicted octanol–water partition coefficient (Wildman–Crippen LogP) is 2.48. The van der Waals surface area contributed by atoms with Crippen molar-refractivity contribution < 1.29 is 23.0 Å². The van der Waals surface area contributed by atoms with Crippen LogP contribution in [0.4, 0.5) is 13.2 Å². The van der Waals surface area contributed by atoms with Gasteiger partial charge in [0.25, 0.3) is 0 Å². The minimum Gasteiger partial charge on any atom is -0.405 e. The van der Waals surface area contributed by atoms with Crippen molar-refractivity contribution in [3.8, 4) is 17.0 Å². The Morgan fingerprint density at radius 2 is 2.05 bits per heavy atom. The van der Waals surface area contributed by atoms with Crippen LogP contribution in [0.15, 0.2) is 30.5 Å². The number of halogens is 3. The van der Waals surface area contributed by atoms with Crippen LogP contribution in [0.1, 0.15) is 5.56 Å². The van der Waals surface area contributed by atoms with Crippen molar-refractivity contribution in [1.29, 1.82) is 0 Å². The summed E-state index contributed by atoms with van der Waals surface area (Å²) >= 11 is 0. The van der Waals surface area contributed by atoms with Crippen LogP contribution in [0.3, 0.4) is 0 Å². The van der Waals surface area contributed by atoms with Gasteiger partial charge < -0.3 is 9.84 Å². The zero-order valence-electron chi connectivity index (χ0n) is 9.98. The SMILES string of the molecule is Cn1nccc1-c1cc(CO)ccc1OC(F)(F)F. The van der Waals surface area contributed by atoms with E-state index in [9.17, 15) is 13.2 Å². The molecule has 0 aliphatic carbocycles. The van der Waals surface area contributed by atoms with Crippen LogP contribution >= 0.6 is 0 Å². The lowest BCUT2D eigenvalue weighted by Crippen LogP contribution is -2.18. The van der Waals surface area contributed by atoms with Crippen molar-refractivity contribution in [1.82, 2.24) is 9.78 Å². The summed E-state index contributed by atoms with van der Waals surface area (Å²) in [5, 5.41) is 13.0. The van der Waals surface area contributed by atoms with E-state index in [1.165, 1.54) is 29.1 Å². The highest BCUT2D eigenvalue weighted by molar-refractivity contribution is 5.68. The second-order valence-corrected chi connectivity index (χ2v) is 3.88. The van der Waals surface area contributed by atoms with Gasteiger partial charge in [-0.15, -0.1) is 13.2 Å². The first-order chi connectivity index (χ1) is 8.90. The molecule has 0 bridgehead atoms. The van der Waals surface area contributed by atoms with Crippen molar-refractivity contribution in [2.75, 3.05) is 0 Å². The third-order valence-corrected chi connectivity index (χ3v) is 2.55. The summed E-state index contributed by atoms with van der Waals surface area (Å²) in [4.78, 5) is 0. The van der Waals surface area contributed by atoms with E-state index in [1.807, 2.05) is 0 Å². The first kappa shape index (κ1) is 13.4. The Morgan fingerprint density at radius 1 is 1.32 bits per heavy atom. The Hall–Kier alpha value is -2.02. The Kier molecular flexibility index (Phi) is 3.48. The molecule has 0 saturated carbocycles. The molecule has 0 atom stereocenters. The molecule has 0 unspecified atom stereocenters. The number of aliphatic hydroxyl groups is 1. The molecule has 1 heterocycles. The van der Waals surface area contributed by atoms with E-state index < -0.39 is 6.36 Å². The van der Waals surface area contributed by atoms with Gasteiger partial charge in [-0.25, -0.2) is 0 Å². The van der Waals surface area contributed by atoms with Gasteiger partial charge >= 0.3 is 6.36 Å². The van der Waals surface area contributed by atoms with Gasteiger partial charge in [0.1, 0.15) is 5.75 Å². The van der Waals surface area contributed by atoms with Gasteiger partial charge in [0, 0.05) is 18.8 Å². The summed E-state index contributed by atoms with van der Waals surface area (Å²) in [5.74, 6) is -0.326. The smallest absolute Gasteiger partial charge is 0.405 e. The molecule has 1 aromatic carbocycles. The number of ether oxygens (including phenoxy) is 1. The predicted molar refractivity (Wildman–Crippen MR) is 61.2 cm³/mol. The average molecular weight is 272 g/mol. The Balaban J connectivity index is 2.52. The summed E-state index contributed by atoms with van der Waals surface area (Å²) in [7, 11) is 1.61. The number of rotatable bonds is 3. The monoisotopic (exact) mass is 272 g/mol. The van der Waals surface area contributed by atoms with Gasteiger partial charge in [-0.1, -0.05) is 6.07 Å². The van der Waals surface area contributed by atoms with Crippen molar-refractivity contribution in [2.45, 2.75) is 13.0 Å². The fraction of sp³-hybridized carbons (Fsp3) is 0.250. The zero-order valence-corrected chi connectivity index (χ0v) is 9.98. The van der Waals surface area contributed by atoms with E-state index in [2.05, 4.69) is 9.84 Å². The number of nitrogens with zero attached hydrogens (tertiary/aromatic N) is 2. The largest absolute Gasteiger partial charge is 0.573 e.